The van der Waals surface area contributed by atoms with Crippen LogP contribution < -0.4 is 15.6 Å². The van der Waals surface area contributed by atoms with Gasteiger partial charge in [-0.1, -0.05) is 30.3 Å². The highest BCUT2D eigenvalue weighted by Gasteiger charge is 2.20. The first-order chi connectivity index (χ1) is 17.0. The van der Waals surface area contributed by atoms with Gasteiger partial charge >= 0.3 is 0 Å². The molecule has 1 aliphatic rings. The maximum absolute atomic E-state index is 12.4. The van der Waals surface area contributed by atoms with Crippen molar-refractivity contribution in [3.05, 3.63) is 71.1 Å². The molecule has 0 radical (unpaired) electrons. The molecule has 1 aliphatic heterocycles. The predicted octanol–water partition coefficient (Wildman–Crippen LogP) is 3.04. The van der Waals surface area contributed by atoms with Crippen molar-refractivity contribution in [2.24, 2.45) is 0 Å². The van der Waals surface area contributed by atoms with Crippen LogP contribution in [0, 0.1) is 0 Å². The molecule has 1 aromatic carbocycles. The lowest BCUT2D eigenvalue weighted by molar-refractivity contribution is -0.132. The summed E-state index contributed by atoms with van der Waals surface area (Å²) in [7, 11) is 0. The number of aromatic nitrogens is 4. The third kappa shape index (κ3) is 5.12. The van der Waals surface area contributed by atoms with E-state index in [0.29, 0.717) is 37.7 Å². The molecule has 3 aromatic heterocycles. The summed E-state index contributed by atoms with van der Waals surface area (Å²) in [6.07, 6.45) is 1.86. The number of benzene rings is 1. The van der Waals surface area contributed by atoms with Gasteiger partial charge in [0.2, 0.25) is 5.91 Å². The molecular weight excluding hydrogens is 480 g/mol. The smallest absolute Gasteiger partial charge is 0.267 e. The van der Waals surface area contributed by atoms with E-state index < -0.39 is 0 Å². The van der Waals surface area contributed by atoms with Crippen LogP contribution in [0.1, 0.15) is 19.9 Å². The molecule has 0 spiro atoms. The number of fused-ring (bicyclic) bond motifs is 1. The average molecular weight is 509 g/mol. The lowest BCUT2D eigenvalue weighted by Crippen LogP contribution is -2.49. The average Bonchev–Trinajstić information content (AvgIpc) is 3.25. The largest absolute Gasteiger partial charge is 0.492 e. The predicted molar refractivity (Wildman–Crippen MR) is 141 cm³/mol. The molecule has 0 atom stereocenters. The number of amides is 1. The lowest BCUT2D eigenvalue weighted by atomic mass is 10.0. The SMILES string of the molecule is CC(C)n1nc(-c2c(-c3ccccc3)nn3ccc(OCCN4CCNCC4=O)cc23)ccc1=O.Cl. The van der Waals surface area contributed by atoms with Crippen molar-refractivity contribution in [1.82, 2.24) is 29.6 Å². The number of rotatable bonds is 7. The molecule has 0 unspecified atom stereocenters. The zero-order valence-electron chi connectivity index (χ0n) is 20.3. The number of halogens is 1. The van der Waals surface area contributed by atoms with Crippen molar-refractivity contribution in [1.29, 1.82) is 0 Å². The van der Waals surface area contributed by atoms with E-state index in [1.807, 2.05) is 67.4 Å². The van der Waals surface area contributed by atoms with Gasteiger partial charge in [-0.15, -0.1) is 12.4 Å². The van der Waals surface area contributed by atoms with E-state index in [2.05, 4.69) is 10.4 Å². The van der Waals surface area contributed by atoms with Gasteiger partial charge in [-0.25, -0.2) is 9.20 Å². The van der Waals surface area contributed by atoms with Gasteiger partial charge in [0.05, 0.1) is 35.9 Å². The van der Waals surface area contributed by atoms with E-state index in [9.17, 15) is 9.59 Å². The lowest BCUT2D eigenvalue weighted by Gasteiger charge is -2.27. The van der Waals surface area contributed by atoms with Crippen molar-refractivity contribution in [3.63, 3.8) is 0 Å². The normalized spacial score (nSPS) is 13.8. The number of nitrogens with one attached hydrogen (secondary N) is 1. The van der Waals surface area contributed by atoms with Crippen LogP contribution in [0.4, 0.5) is 0 Å². The summed E-state index contributed by atoms with van der Waals surface area (Å²) in [6.45, 7) is 6.65. The zero-order chi connectivity index (χ0) is 24.4. The van der Waals surface area contributed by atoms with Gasteiger partial charge in [-0.05, 0) is 26.0 Å². The summed E-state index contributed by atoms with van der Waals surface area (Å²) in [6, 6.07) is 16.9. The second kappa shape index (κ2) is 10.9. The Bertz CT molecular complexity index is 1420. The topological polar surface area (TPSA) is 93.8 Å². The molecule has 0 bridgehead atoms. The van der Waals surface area contributed by atoms with E-state index >= 15 is 0 Å². The van der Waals surface area contributed by atoms with E-state index in [4.69, 9.17) is 9.84 Å². The summed E-state index contributed by atoms with van der Waals surface area (Å²) in [5, 5.41) is 12.6. The first kappa shape index (κ1) is 25.4. The highest BCUT2D eigenvalue weighted by molar-refractivity contribution is 5.91. The van der Waals surface area contributed by atoms with Crippen molar-refractivity contribution < 1.29 is 9.53 Å². The van der Waals surface area contributed by atoms with E-state index in [0.717, 1.165) is 28.9 Å². The summed E-state index contributed by atoms with van der Waals surface area (Å²) >= 11 is 0. The van der Waals surface area contributed by atoms with Crippen LogP contribution in [0.3, 0.4) is 0 Å². The number of ether oxygens (including phenoxy) is 1. The van der Waals surface area contributed by atoms with Crippen LogP contribution in [0.15, 0.2) is 65.6 Å². The number of pyridine rings is 1. The molecule has 9 nitrogen and oxygen atoms in total. The second-order valence-electron chi connectivity index (χ2n) is 8.78. The Morgan fingerprint density at radius 2 is 1.86 bits per heavy atom. The Morgan fingerprint density at radius 3 is 2.61 bits per heavy atom. The fourth-order valence-corrected chi connectivity index (χ4v) is 4.25. The van der Waals surface area contributed by atoms with E-state index in [1.165, 1.54) is 4.68 Å². The Hall–Kier alpha value is -3.69. The minimum atomic E-state index is -0.145. The fourth-order valence-electron chi connectivity index (χ4n) is 4.25. The molecule has 1 N–H and O–H groups in total. The Morgan fingerprint density at radius 1 is 1.06 bits per heavy atom. The first-order valence-corrected chi connectivity index (χ1v) is 11.8. The van der Waals surface area contributed by atoms with Crippen LogP contribution >= 0.6 is 12.4 Å². The molecule has 4 aromatic rings. The number of hydrogen-bond acceptors (Lipinski definition) is 6. The summed E-state index contributed by atoms with van der Waals surface area (Å²) < 4.78 is 9.31. The maximum Gasteiger partial charge on any atom is 0.267 e. The van der Waals surface area contributed by atoms with Gasteiger partial charge in [-0.3, -0.25) is 9.59 Å². The first-order valence-electron chi connectivity index (χ1n) is 11.8. The van der Waals surface area contributed by atoms with Crippen LogP contribution in [0.5, 0.6) is 5.75 Å². The number of carbonyl (C=O) groups excluding carboxylic acids is 1. The Labute approximate surface area is 215 Å². The molecule has 10 heteroatoms. The molecule has 36 heavy (non-hydrogen) atoms. The minimum absolute atomic E-state index is 0. The Balaban J connectivity index is 0.00000304. The number of carbonyl (C=O) groups is 1. The van der Waals surface area contributed by atoms with Crippen molar-refractivity contribution in [3.8, 4) is 28.3 Å². The van der Waals surface area contributed by atoms with Gasteiger partial charge in [-0.2, -0.15) is 10.2 Å². The second-order valence-corrected chi connectivity index (χ2v) is 8.78. The van der Waals surface area contributed by atoms with Gasteiger partial charge in [0.15, 0.2) is 0 Å². The van der Waals surface area contributed by atoms with Gasteiger partial charge in [0.25, 0.3) is 5.56 Å². The number of piperazine rings is 1. The van der Waals surface area contributed by atoms with Crippen LogP contribution in [-0.4, -0.2) is 63.0 Å². The highest BCUT2D eigenvalue weighted by Crippen LogP contribution is 2.35. The van der Waals surface area contributed by atoms with Gasteiger partial charge in [0, 0.05) is 37.0 Å². The third-order valence-corrected chi connectivity index (χ3v) is 6.04. The summed E-state index contributed by atoms with van der Waals surface area (Å²) in [5.74, 6) is 0.769. The van der Waals surface area contributed by atoms with Crippen molar-refractivity contribution >= 4 is 23.8 Å². The molecule has 5 rings (SSSR count). The third-order valence-electron chi connectivity index (χ3n) is 6.04. The van der Waals surface area contributed by atoms with E-state index in [1.54, 1.807) is 16.6 Å². The van der Waals surface area contributed by atoms with Crippen LogP contribution in [0.2, 0.25) is 0 Å². The standard InChI is InChI=1S/C26H28N6O3.ClH/c1-18(2)32-23(33)9-8-21(28-32)25-22-16-20(35-15-14-30-13-11-27-17-24(30)34)10-12-31(22)29-26(25)19-6-4-3-5-7-19;/h3-10,12,16,18,27H,11,13-15,17H2,1-2H3;1H. The monoisotopic (exact) mass is 508 g/mol. The van der Waals surface area contributed by atoms with Gasteiger partial charge in [0.1, 0.15) is 18.1 Å². The molecule has 1 fully saturated rings. The zero-order valence-corrected chi connectivity index (χ0v) is 21.1. The van der Waals surface area contributed by atoms with Crippen LogP contribution in [0.25, 0.3) is 28.0 Å². The molecule has 1 saturated heterocycles. The highest BCUT2D eigenvalue weighted by atomic mass is 35.5. The molecule has 0 saturated carbocycles. The number of hydrogen-bond donors (Lipinski definition) is 1. The van der Waals surface area contributed by atoms with Gasteiger partial charge < -0.3 is 15.0 Å². The van der Waals surface area contributed by atoms with Crippen LogP contribution in [-0.2, 0) is 4.79 Å². The maximum atomic E-state index is 12.4. The molecule has 0 aliphatic carbocycles. The summed E-state index contributed by atoms with van der Waals surface area (Å²) in [4.78, 5) is 26.2. The molecular formula is C26H29ClN6O3. The number of nitrogens with zero attached hydrogens (tertiary/aromatic N) is 5. The van der Waals surface area contributed by atoms with E-state index in [-0.39, 0.29) is 29.9 Å². The summed E-state index contributed by atoms with van der Waals surface area (Å²) in [5.41, 5.74) is 3.89. The molecule has 188 valence electrons. The Kier molecular flexibility index (Phi) is 7.71. The minimum Gasteiger partial charge on any atom is -0.492 e. The fraction of sp³-hybridized carbons (Fsp3) is 0.308. The van der Waals surface area contributed by atoms with Crippen molar-refractivity contribution in [2.45, 2.75) is 19.9 Å². The molecule has 1 amide bonds. The van der Waals surface area contributed by atoms with Crippen molar-refractivity contribution in [2.75, 3.05) is 32.8 Å². The quantitative estimate of drug-likeness (QED) is 0.412. The molecule has 4 heterocycles.